The number of likely N-dealkylation sites (tertiary alicyclic amines) is 1. The van der Waals surface area contributed by atoms with Crippen LogP contribution in [0.4, 0.5) is 5.82 Å². The van der Waals surface area contributed by atoms with Gasteiger partial charge in [0.25, 0.3) is 0 Å². The van der Waals surface area contributed by atoms with Gasteiger partial charge in [-0.25, -0.2) is 4.90 Å². The Labute approximate surface area is 316 Å². The van der Waals surface area contributed by atoms with Crippen LogP contribution in [0.15, 0.2) is 54.1 Å². The third-order valence-electron chi connectivity index (χ3n) is 13.0. The highest BCUT2D eigenvalue weighted by molar-refractivity contribution is 7.22. The van der Waals surface area contributed by atoms with E-state index in [1.54, 1.807) is 52.2 Å². The molecule has 4 fully saturated rings. The minimum Gasteiger partial charge on any atom is -0.508 e. The number of aryl methyl sites for hydroxylation is 2. The van der Waals surface area contributed by atoms with Crippen molar-refractivity contribution in [1.82, 2.24) is 14.7 Å². The predicted molar refractivity (Wildman–Crippen MR) is 202 cm³/mol. The van der Waals surface area contributed by atoms with Crippen molar-refractivity contribution >= 4 is 62.5 Å². The van der Waals surface area contributed by atoms with Gasteiger partial charge in [0, 0.05) is 40.4 Å². The van der Waals surface area contributed by atoms with Gasteiger partial charge in [-0.2, -0.15) is 5.10 Å². The van der Waals surface area contributed by atoms with Gasteiger partial charge in [-0.05, 0) is 86.7 Å². The zero-order valence-electron chi connectivity index (χ0n) is 30.1. The van der Waals surface area contributed by atoms with Gasteiger partial charge in [-0.15, -0.1) is 11.3 Å². The lowest BCUT2D eigenvalue weighted by molar-refractivity contribution is -0.144. The number of aromatic hydroxyl groups is 1. The molecule has 5 aliphatic rings. The van der Waals surface area contributed by atoms with Crippen LogP contribution in [-0.4, -0.2) is 56.6 Å². The predicted octanol–water partition coefficient (Wildman–Crippen LogP) is 7.54. The van der Waals surface area contributed by atoms with Crippen molar-refractivity contribution in [2.75, 3.05) is 12.0 Å². The Hall–Kier alpha value is -4.48. The Balaban J connectivity index is 1.16. The number of anilines is 1. The van der Waals surface area contributed by atoms with Gasteiger partial charge in [0.05, 0.1) is 35.2 Å². The number of nitrogens with zero attached hydrogens (tertiary/aromatic N) is 4. The lowest BCUT2D eigenvalue weighted by atomic mass is 9.51. The number of rotatable bonds is 5. The van der Waals surface area contributed by atoms with Crippen LogP contribution in [0.2, 0.25) is 5.02 Å². The van der Waals surface area contributed by atoms with Gasteiger partial charge >= 0.3 is 0 Å². The molecule has 53 heavy (non-hydrogen) atoms. The average Bonchev–Trinajstić information content (AvgIpc) is 3.82. The van der Waals surface area contributed by atoms with Crippen LogP contribution in [0.1, 0.15) is 68.9 Å². The number of aromatic nitrogens is 2. The SMILES string of the molecule is COc1cccc(O)c1C1C2=CCC3C(=O)N(C4CCCCC4)C(=O)C3C2CC2C(=O)N(c3cc(-c4sc5ccc(Cl)cc5c4C)nn3C)C(=O)C21C. The Morgan fingerprint density at radius 1 is 1.00 bits per heavy atom. The van der Waals surface area contributed by atoms with Gasteiger partial charge in [0.1, 0.15) is 23.0 Å². The summed E-state index contributed by atoms with van der Waals surface area (Å²) in [5.74, 6) is -3.67. The first kappa shape index (κ1) is 34.3. The van der Waals surface area contributed by atoms with Crippen molar-refractivity contribution in [3.63, 3.8) is 0 Å². The molecule has 0 radical (unpaired) electrons. The number of halogens is 1. The van der Waals surface area contributed by atoms with E-state index < -0.39 is 40.9 Å². The van der Waals surface area contributed by atoms with Crippen molar-refractivity contribution in [3.05, 3.63) is 70.3 Å². The highest BCUT2D eigenvalue weighted by Crippen LogP contribution is 2.65. The van der Waals surface area contributed by atoms with Crippen LogP contribution in [-0.2, 0) is 26.2 Å². The van der Waals surface area contributed by atoms with Crippen LogP contribution >= 0.6 is 22.9 Å². The first-order valence-corrected chi connectivity index (χ1v) is 19.7. The highest BCUT2D eigenvalue weighted by Gasteiger charge is 2.68. The van der Waals surface area contributed by atoms with E-state index in [0.29, 0.717) is 34.3 Å². The van der Waals surface area contributed by atoms with E-state index in [-0.39, 0.29) is 35.9 Å². The van der Waals surface area contributed by atoms with Crippen molar-refractivity contribution in [3.8, 4) is 22.1 Å². The fraction of sp³-hybridized carbons (Fsp3) is 0.439. The fourth-order valence-electron chi connectivity index (χ4n) is 10.5. The maximum Gasteiger partial charge on any atom is 0.242 e. The van der Waals surface area contributed by atoms with E-state index in [1.165, 1.54) is 12.0 Å². The van der Waals surface area contributed by atoms with Crippen LogP contribution in [0.3, 0.4) is 0 Å². The van der Waals surface area contributed by atoms with E-state index in [0.717, 1.165) is 58.2 Å². The molecule has 2 aliphatic heterocycles. The normalized spacial score (nSPS) is 28.8. The molecule has 1 N–H and O–H groups in total. The van der Waals surface area contributed by atoms with E-state index in [4.69, 9.17) is 21.4 Å². The number of benzene rings is 2. The summed E-state index contributed by atoms with van der Waals surface area (Å²) < 4.78 is 8.44. The van der Waals surface area contributed by atoms with Gasteiger partial charge in [0.15, 0.2) is 0 Å². The topological polar surface area (TPSA) is 122 Å². The molecule has 2 aromatic heterocycles. The molecule has 4 aromatic rings. The highest BCUT2D eigenvalue weighted by atomic mass is 35.5. The molecule has 2 aromatic carbocycles. The molecule has 9 rings (SSSR count). The Morgan fingerprint density at radius 3 is 2.53 bits per heavy atom. The molecule has 12 heteroatoms. The number of phenols is 1. The van der Waals surface area contributed by atoms with Crippen LogP contribution in [0.25, 0.3) is 20.7 Å². The molecule has 6 unspecified atom stereocenters. The zero-order valence-corrected chi connectivity index (χ0v) is 31.7. The van der Waals surface area contributed by atoms with Crippen LogP contribution in [0, 0.1) is 36.0 Å². The second-order valence-corrected chi connectivity index (χ2v) is 17.1. The number of hydrogen-bond donors (Lipinski definition) is 1. The molecule has 0 bridgehead atoms. The number of thiophene rings is 1. The number of ether oxygens (including phenoxy) is 1. The van der Waals surface area contributed by atoms with Gasteiger partial charge in [-0.3, -0.25) is 28.8 Å². The van der Waals surface area contributed by atoms with Crippen molar-refractivity contribution in [2.45, 2.75) is 70.8 Å². The monoisotopic (exact) mass is 752 g/mol. The molecular formula is C41H41ClN4O6S. The molecule has 3 aliphatic carbocycles. The summed E-state index contributed by atoms with van der Waals surface area (Å²) in [5.41, 5.74) is 1.51. The van der Waals surface area contributed by atoms with E-state index >= 15 is 4.79 Å². The summed E-state index contributed by atoms with van der Waals surface area (Å²) in [6.45, 7) is 3.82. The van der Waals surface area contributed by atoms with Gasteiger partial charge < -0.3 is 9.84 Å². The van der Waals surface area contributed by atoms with E-state index in [9.17, 15) is 19.5 Å². The number of phenolic OH excluding ortho intramolecular Hbond substituents is 1. The summed E-state index contributed by atoms with van der Waals surface area (Å²) in [5, 5.41) is 18.0. The average molecular weight is 753 g/mol. The van der Waals surface area contributed by atoms with Crippen molar-refractivity contribution in [2.24, 2.45) is 36.1 Å². The minimum atomic E-state index is -1.35. The van der Waals surface area contributed by atoms with Crippen molar-refractivity contribution in [1.29, 1.82) is 0 Å². The molecule has 6 atom stereocenters. The quantitative estimate of drug-likeness (QED) is 0.165. The molecule has 0 spiro atoms. The fourth-order valence-corrected chi connectivity index (χ4v) is 11.8. The number of fused-ring (bicyclic) bond motifs is 5. The molecule has 2 saturated carbocycles. The van der Waals surface area contributed by atoms with E-state index in [1.807, 2.05) is 38.1 Å². The molecule has 10 nitrogen and oxygen atoms in total. The number of carbonyl (C=O) groups excluding carboxylic acids is 4. The van der Waals surface area contributed by atoms with E-state index in [2.05, 4.69) is 0 Å². The number of hydrogen-bond acceptors (Lipinski definition) is 8. The number of imide groups is 2. The third-order valence-corrected chi connectivity index (χ3v) is 14.5. The second kappa shape index (κ2) is 12.3. The molecule has 4 heterocycles. The summed E-state index contributed by atoms with van der Waals surface area (Å²) in [6, 6.07) is 12.4. The molecule has 4 amide bonds. The molecule has 2 saturated heterocycles. The summed E-state index contributed by atoms with van der Waals surface area (Å²) in [4.78, 5) is 62.2. The Bertz CT molecular complexity index is 2290. The minimum absolute atomic E-state index is 0.0579. The lowest BCUT2D eigenvalue weighted by Gasteiger charge is -2.49. The number of amides is 4. The summed E-state index contributed by atoms with van der Waals surface area (Å²) in [7, 11) is 3.24. The number of allylic oxidation sites excluding steroid dienone is 2. The summed E-state index contributed by atoms with van der Waals surface area (Å²) >= 11 is 7.89. The first-order chi connectivity index (χ1) is 25.4. The standard InChI is InChI=1S/C41H41ClN4O6S/c1-20-25-17-21(42)13-16-31(25)53-36(20)28-19-32(44(3)43-28)46-38(49)27-18-26-23(35(41(27,2)40(46)51)34-29(47)11-8-12-30(34)52-4)14-15-24-33(26)39(50)45(37(24)48)22-9-6-5-7-10-22/h8,11-14,16-17,19,22,24,26-27,33,35,47H,5-7,9-10,15,18H2,1-4H3. The second-order valence-electron chi connectivity index (χ2n) is 15.6. The van der Waals surface area contributed by atoms with Crippen molar-refractivity contribution < 1.29 is 29.0 Å². The van der Waals surface area contributed by atoms with Crippen LogP contribution in [0.5, 0.6) is 11.5 Å². The number of methoxy groups -OCH3 is 1. The largest absolute Gasteiger partial charge is 0.508 e. The van der Waals surface area contributed by atoms with Gasteiger partial charge in [0.2, 0.25) is 23.6 Å². The number of carbonyl (C=O) groups is 4. The molecular weight excluding hydrogens is 712 g/mol. The molecule has 274 valence electrons. The lowest BCUT2D eigenvalue weighted by Crippen LogP contribution is -2.49. The smallest absolute Gasteiger partial charge is 0.242 e. The van der Waals surface area contributed by atoms with Crippen LogP contribution < -0.4 is 9.64 Å². The maximum atomic E-state index is 15.2. The maximum absolute atomic E-state index is 15.2. The van der Waals surface area contributed by atoms with Gasteiger partial charge in [-0.1, -0.05) is 48.6 Å². The third kappa shape index (κ3) is 4.78. The first-order valence-electron chi connectivity index (χ1n) is 18.5. The Kier molecular flexibility index (Phi) is 7.95. The zero-order chi connectivity index (χ0) is 37.1. The summed E-state index contributed by atoms with van der Waals surface area (Å²) in [6.07, 6.45) is 7.29. The Morgan fingerprint density at radius 2 is 1.77 bits per heavy atom.